The number of aryl methyl sites for hydroxylation is 1. The van der Waals surface area contributed by atoms with E-state index < -0.39 is 0 Å². The number of rotatable bonds is 15. The second-order valence-electron chi connectivity index (χ2n) is 12.4. The molecular formula is C33H46N8O4. The predicted octanol–water partition coefficient (Wildman–Crippen LogP) is 2.19. The molecule has 2 aromatic rings. The summed E-state index contributed by atoms with van der Waals surface area (Å²) in [6.07, 6.45) is 11.5. The molecule has 6 N–H and O–H groups in total. The summed E-state index contributed by atoms with van der Waals surface area (Å²) in [6, 6.07) is 3.88. The van der Waals surface area contributed by atoms with Gasteiger partial charge in [0.15, 0.2) is 0 Å². The Morgan fingerprint density at radius 2 is 2.04 bits per heavy atom. The van der Waals surface area contributed by atoms with Gasteiger partial charge in [-0.2, -0.15) is 0 Å². The van der Waals surface area contributed by atoms with Crippen molar-refractivity contribution < 1.29 is 14.6 Å². The molecule has 0 spiro atoms. The summed E-state index contributed by atoms with van der Waals surface area (Å²) in [5, 5.41) is 31.3. The Morgan fingerprint density at radius 3 is 2.71 bits per heavy atom. The van der Waals surface area contributed by atoms with Crippen molar-refractivity contribution in [2.24, 2.45) is 12.5 Å². The first-order chi connectivity index (χ1) is 21.5. The number of nitrogens with zero attached hydrogens (tertiary/aromatic N) is 3. The second kappa shape index (κ2) is 15.2. The molecule has 1 saturated heterocycles. The lowest BCUT2D eigenvalue weighted by Gasteiger charge is -2.35. The summed E-state index contributed by atoms with van der Waals surface area (Å²) in [4.78, 5) is 30.4. The minimum atomic E-state index is -0.273. The second-order valence-corrected chi connectivity index (χ2v) is 12.4. The van der Waals surface area contributed by atoms with Crippen molar-refractivity contribution in [3.05, 3.63) is 75.3 Å². The number of pyridine rings is 2. The Labute approximate surface area is 264 Å². The van der Waals surface area contributed by atoms with E-state index in [1.54, 1.807) is 31.6 Å². The zero-order valence-corrected chi connectivity index (χ0v) is 26.9. The van der Waals surface area contributed by atoms with Crippen LogP contribution in [-0.2, 0) is 23.2 Å². The third-order valence-electron chi connectivity index (χ3n) is 8.16. The van der Waals surface area contributed by atoms with Gasteiger partial charge in [-0.1, -0.05) is 19.9 Å². The van der Waals surface area contributed by atoms with E-state index in [1.807, 2.05) is 32.3 Å². The molecule has 12 nitrogen and oxygen atoms in total. The monoisotopic (exact) mass is 618 g/mol. The number of hydrogen-bond donors (Lipinski definition) is 6. The van der Waals surface area contributed by atoms with Crippen LogP contribution >= 0.6 is 0 Å². The van der Waals surface area contributed by atoms with Gasteiger partial charge < -0.3 is 35.7 Å². The van der Waals surface area contributed by atoms with E-state index in [2.05, 4.69) is 45.0 Å². The van der Waals surface area contributed by atoms with Crippen LogP contribution in [0.4, 0.5) is 5.69 Å². The van der Waals surface area contributed by atoms with Crippen molar-refractivity contribution in [3.63, 3.8) is 0 Å². The van der Waals surface area contributed by atoms with Gasteiger partial charge in [0.2, 0.25) is 6.41 Å². The van der Waals surface area contributed by atoms with Gasteiger partial charge in [0, 0.05) is 74.7 Å². The highest BCUT2D eigenvalue weighted by Gasteiger charge is 2.29. The van der Waals surface area contributed by atoms with Gasteiger partial charge >= 0.3 is 0 Å². The Hall–Kier alpha value is -4.26. The number of likely N-dealkylation sites (N-methyl/N-ethyl adjacent to an activating group) is 2. The summed E-state index contributed by atoms with van der Waals surface area (Å²) in [7, 11) is 5.49. The minimum Gasteiger partial charge on any atom is -0.392 e. The normalized spacial score (nSPS) is 16.6. The SMILES string of the molecule is CN/C(=C\C(=N)Nc1cc(-c2ccnc(/C=C/C3=C(NCCNC=O)CC(C)(C)C3)c2CO)cn(C)c1=O)CN(C)C1COC1. The number of nitrogens with one attached hydrogen (secondary N) is 5. The van der Waals surface area contributed by atoms with Crippen LogP contribution in [0.25, 0.3) is 17.2 Å². The largest absolute Gasteiger partial charge is 0.392 e. The van der Waals surface area contributed by atoms with Crippen LogP contribution in [0.2, 0.25) is 0 Å². The molecule has 1 fully saturated rings. The Morgan fingerprint density at radius 1 is 1.27 bits per heavy atom. The Kier molecular flexibility index (Phi) is 11.3. The number of aromatic nitrogens is 2. The molecule has 4 rings (SSSR count). The number of hydrogen-bond acceptors (Lipinski definition) is 9. The highest BCUT2D eigenvalue weighted by Crippen LogP contribution is 2.41. The van der Waals surface area contributed by atoms with Crippen molar-refractivity contribution in [2.75, 3.05) is 52.3 Å². The number of amides is 1. The van der Waals surface area contributed by atoms with E-state index >= 15 is 0 Å². The van der Waals surface area contributed by atoms with E-state index in [-0.39, 0.29) is 29.1 Å². The first-order valence-electron chi connectivity index (χ1n) is 15.2. The molecule has 2 aromatic heterocycles. The topological polar surface area (TPSA) is 157 Å². The number of aliphatic hydroxyl groups excluding tert-OH is 1. The van der Waals surface area contributed by atoms with Crippen molar-refractivity contribution >= 4 is 24.0 Å². The van der Waals surface area contributed by atoms with E-state index in [0.29, 0.717) is 62.1 Å². The van der Waals surface area contributed by atoms with Crippen molar-refractivity contribution in [2.45, 2.75) is 39.3 Å². The molecule has 45 heavy (non-hydrogen) atoms. The van der Waals surface area contributed by atoms with Crippen LogP contribution < -0.4 is 26.8 Å². The van der Waals surface area contributed by atoms with E-state index in [0.717, 1.165) is 35.4 Å². The average molecular weight is 619 g/mol. The van der Waals surface area contributed by atoms with Crippen molar-refractivity contribution in [1.29, 1.82) is 5.41 Å². The van der Waals surface area contributed by atoms with Gasteiger partial charge in [0.1, 0.15) is 11.5 Å². The van der Waals surface area contributed by atoms with Crippen LogP contribution in [0.1, 0.15) is 37.9 Å². The van der Waals surface area contributed by atoms with E-state index in [4.69, 9.17) is 10.1 Å². The molecule has 242 valence electrons. The van der Waals surface area contributed by atoms with Gasteiger partial charge in [-0.15, -0.1) is 0 Å². The van der Waals surface area contributed by atoms with Crippen LogP contribution in [-0.4, -0.2) is 84.8 Å². The van der Waals surface area contributed by atoms with Gasteiger partial charge in [0.25, 0.3) is 5.56 Å². The van der Waals surface area contributed by atoms with Crippen LogP contribution in [0.15, 0.2) is 58.4 Å². The van der Waals surface area contributed by atoms with Crippen molar-refractivity contribution in [1.82, 2.24) is 30.4 Å². The molecule has 0 bridgehead atoms. The lowest BCUT2D eigenvalue weighted by molar-refractivity contribution is -0.109. The zero-order chi connectivity index (χ0) is 32.6. The minimum absolute atomic E-state index is 0.0757. The third-order valence-corrected chi connectivity index (χ3v) is 8.16. The fourth-order valence-electron chi connectivity index (χ4n) is 5.60. The fourth-order valence-corrected chi connectivity index (χ4v) is 5.60. The maximum atomic E-state index is 13.1. The number of ether oxygens (including phenoxy) is 1. The number of aliphatic hydroxyl groups is 1. The van der Waals surface area contributed by atoms with E-state index in [9.17, 15) is 14.7 Å². The van der Waals surface area contributed by atoms with E-state index in [1.165, 1.54) is 4.57 Å². The highest BCUT2D eigenvalue weighted by molar-refractivity contribution is 6.02. The van der Waals surface area contributed by atoms with Crippen molar-refractivity contribution in [3.8, 4) is 11.1 Å². The molecule has 3 heterocycles. The summed E-state index contributed by atoms with van der Waals surface area (Å²) in [5.74, 6) is 0.0757. The highest BCUT2D eigenvalue weighted by atomic mass is 16.5. The molecule has 1 amide bonds. The molecule has 0 unspecified atom stereocenters. The first kappa shape index (κ1) is 33.6. The maximum Gasteiger partial charge on any atom is 0.274 e. The first-order valence-corrected chi connectivity index (χ1v) is 15.2. The molecule has 1 aliphatic carbocycles. The standard InChI is InChI=1S/C33H46N8O4/c1-33(2)14-22(30(15-33)38-11-10-36-21-43)6-7-28-27(18-42)26(8-9-37-28)23-12-29(32(44)41(5)16-23)39-31(34)13-24(35-3)17-40(4)25-19-45-20-25/h6-9,12-13,16,21,25,35,38,42H,10-11,14-15,17-20H2,1-5H3,(H2,34,39)(H,36,43)/b7-6+,24-13-. The molecule has 0 saturated carbocycles. The Balaban J connectivity index is 1.58. The van der Waals surface area contributed by atoms with Gasteiger partial charge in [-0.3, -0.25) is 24.9 Å². The molecule has 0 radical (unpaired) electrons. The Bertz CT molecular complexity index is 1540. The fraction of sp³-hybridized carbons (Fsp3) is 0.455. The summed E-state index contributed by atoms with van der Waals surface area (Å²) in [6.45, 7) is 7.39. The maximum absolute atomic E-state index is 13.1. The number of carbonyl (C=O) groups is 1. The average Bonchev–Trinajstić information content (AvgIpc) is 3.27. The molecular weight excluding hydrogens is 572 g/mol. The quantitative estimate of drug-likeness (QED) is 0.0762. The molecule has 12 heteroatoms. The lowest BCUT2D eigenvalue weighted by atomic mass is 9.89. The van der Waals surface area contributed by atoms with Gasteiger partial charge in [0.05, 0.1) is 31.6 Å². The molecule has 1 aliphatic heterocycles. The number of allylic oxidation sites excluding steroid dienone is 3. The smallest absolute Gasteiger partial charge is 0.274 e. The number of anilines is 1. The zero-order valence-electron chi connectivity index (χ0n) is 26.9. The summed E-state index contributed by atoms with van der Waals surface area (Å²) >= 11 is 0. The summed E-state index contributed by atoms with van der Waals surface area (Å²) in [5.41, 5.74) is 5.94. The lowest BCUT2D eigenvalue weighted by Crippen LogP contribution is -2.48. The number of amidine groups is 1. The van der Waals surface area contributed by atoms with Gasteiger partial charge in [-0.25, -0.2) is 0 Å². The molecule has 0 atom stereocenters. The molecule has 0 aromatic carbocycles. The van der Waals surface area contributed by atoms with Crippen LogP contribution in [0.5, 0.6) is 0 Å². The van der Waals surface area contributed by atoms with Gasteiger partial charge in [-0.05, 0) is 54.6 Å². The third kappa shape index (κ3) is 8.68. The number of carbonyl (C=O) groups excluding carboxylic acids is 1. The predicted molar refractivity (Wildman–Crippen MR) is 178 cm³/mol. The summed E-state index contributed by atoms with van der Waals surface area (Å²) < 4.78 is 6.75. The van der Waals surface area contributed by atoms with Crippen LogP contribution in [0.3, 0.4) is 0 Å². The van der Waals surface area contributed by atoms with Crippen LogP contribution in [0, 0.1) is 10.8 Å². The molecule has 2 aliphatic rings.